The Morgan fingerprint density at radius 1 is 1.20 bits per heavy atom. The summed E-state index contributed by atoms with van der Waals surface area (Å²) >= 11 is 6.35. The minimum Gasteiger partial charge on any atom is -0.488 e. The van der Waals surface area contributed by atoms with Gasteiger partial charge in [0.1, 0.15) is 18.5 Å². The molecule has 1 heterocycles. The maximum absolute atomic E-state index is 11.2. The summed E-state index contributed by atoms with van der Waals surface area (Å²) < 4.78 is 18.3. The van der Waals surface area contributed by atoms with Gasteiger partial charge in [0.05, 0.1) is 29.5 Å². The first-order valence-electron chi connectivity index (χ1n) is 12.3. The van der Waals surface area contributed by atoms with Crippen LogP contribution >= 0.6 is 11.6 Å². The zero-order valence-corrected chi connectivity index (χ0v) is 22.2. The molecule has 7 nitrogen and oxygen atoms in total. The Morgan fingerprint density at radius 2 is 1.86 bits per heavy atom. The molecule has 1 unspecified atom stereocenters. The lowest BCUT2D eigenvalue weighted by atomic mass is 9.95. The first kappa shape index (κ1) is 27.1. The van der Waals surface area contributed by atoms with E-state index in [-0.39, 0.29) is 30.2 Å². The number of halogens is 1. The predicted molar refractivity (Wildman–Crippen MR) is 139 cm³/mol. The number of allylic oxidation sites excluding steroid dienone is 2. The van der Waals surface area contributed by atoms with Gasteiger partial charge in [-0.1, -0.05) is 41.9 Å². The third-order valence-electron chi connectivity index (χ3n) is 6.19. The Labute approximate surface area is 214 Å². The number of carbonyl (C=O) groups is 1. The highest BCUT2D eigenvalue weighted by Crippen LogP contribution is 2.29. The number of hydrogen-bond acceptors (Lipinski definition) is 6. The molecule has 1 aromatic carbocycles. The Kier molecular flexibility index (Phi) is 10.0. The smallest absolute Gasteiger partial charge is 0.292 e. The highest BCUT2D eigenvalue weighted by Gasteiger charge is 2.31. The molecule has 1 aliphatic carbocycles. The number of carbonyl (C=O) groups excluding carboxylic acids is 1. The molecule has 35 heavy (non-hydrogen) atoms. The van der Waals surface area contributed by atoms with Crippen molar-refractivity contribution in [2.75, 3.05) is 13.7 Å². The standard InChI is InChI=1S/C27H38ClN3O4/c1-18(29-21(4)32)16-33-23-11-13-24(14-12-23)35-27-30-20(3)25(31(27)5)15-26(19(2)28)34-17-22-9-7-6-8-10-22/h6-10,15,18,20,23-24H,11-14,16-17H2,1-5H3,(H,29,32)/b25-15+,26-19-/t18-,20?,23?,24?/m0/s1. The number of benzene rings is 1. The summed E-state index contributed by atoms with van der Waals surface area (Å²) in [7, 11) is 1.96. The van der Waals surface area contributed by atoms with E-state index in [2.05, 4.69) is 5.32 Å². The molecule has 1 N–H and O–H groups in total. The number of amides is 1. The molecule has 1 saturated carbocycles. The minimum atomic E-state index is -0.0590. The fraction of sp³-hybridized carbons (Fsp3) is 0.556. The van der Waals surface area contributed by atoms with Crippen LogP contribution in [0.1, 0.15) is 58.9 Å². The number of aliphatic imine (C=N–C) groups is 1. The van der Waals surface area contributed by atoms with Crippen LogP contribution in [0.5, 0.6) is 0 Å². The van der Waals surface area contributed by atoms with Crippen LogP contribution in [0, 0.1) is 0 Å². The fourth-order valence-corrected chi connectivity index (χ4v) is 4.39. The van der Waals surface area contributed by atoms with E-state index in [0.29, 0.717) is 30.0 Å². The van der Waals surface area contributed by atoms with E-state index in [9.17, 15) is 4.79 Å². The highest BCUT2D eigenvalue weighted by atomic mass is 35.5. The van der Waals surface area contributed by atoms with E-state index in [1.54, 1.807) is 0 Å². The molecule has 8 heteroatoms. The number of amidine groups is 1. The summed E-state index contributed by atoms with van der Waals surface area (Å²) in [4.78, 5) is 17.9. The number of likely N-dealkylation sites (N-methyl/N-ethyl adjacent to an activating group) is 1. The van der Waals surface area contributed by atoms with Crippen molar-refractivity contribution in [3.05, 3.63) is 58.5 Å². The molecule has 0 radical (unpaired) electrons. The van der Waals surface area contributed by atoms with E-state index >= 15 is 0 Å². The minimum absolute atomic E-state index is 0.0156. The molecule has 1 aromatic rings. The monoisotopic (exact) mass is 503 g/mol. The van der Waals surface area contributed by atoms with Gasteiger partial charge >= 0.3 is 0 Å². The molecule has 3 rings (SSSR count). The summed E-state index contributed by atoms with van der Waals surface area (Å²) in [5.74, 6) is 0.598. The zero-order chi connectivity index (χ0) is 25.4. The third kappa shape index (κ3) is 8.29. The average Bonchev–Trinajstić information content (AvgIpc) is 3.08. The highest BCUT2D eigenvalue weighted by molar-refractivity contribution is 6.29. The van der Waals surface area contributed by atoms with Gasteiger partial charge in [0, 0.05) is 26.1 Å². The molecular weight excluding hydrogens is 466 g/mol. The summed E-state index contributed by atoms with van der Waals surface area (Å²) in [5, 5.41) is 3.45. The molecule has 1 fully saturated rings. The third-order valence-corrected chi connectivity index (χ3v) is 6.37. The lowest BCUT2D eigenvalue weighted by Crippen LogP contribution is -2.37. The van der Waals surface area contributed by atoms with Crippen LogP contribution < -0.4 is 5.32 Å². The zero-order valence-electron chi connectivity index (χ0n) is 21.4. The Hall–Kier alpha value is -2.51. The van der Waals surface area contributed by atoms with Crippen molar-refractivity contribution < 1.29 is 19.0 Å². The van der Waals surface area contributed by atoms with Gasteiger partial charge in [-0.3, -0.25) is 4.79 Å². The maximum atomic E-state index is 11.2. The lowest BCUT2D eigenvalue weighted by molar-refractivity contribution is -0.120. The van der Waals surface area contributed by atoms with E-state index in [1.807, 2.05) is 69.1 Å². The molecule has 0 spiro atoms. The van der Waals surface area contributed by atoms with E-state index in [0.717, 1.165) is 36.9 Å². The molecule has 0 aromatic heterocycles. The van der Waals surface area contributed by atoms with Crippen LogP contribution in [0.15, 0.2) is 57.9 Å². The summed E-state index contributed by atoms with van der Waals surface area (Å²) in [6.07, 6.45) is 5.93. The maximum Gasteiger partial charge on any atom is 0.292 e. The number of ether oxygens (including phenoxy) is 3. The topological polar surface area (TPSA) is 72.4 Å². The Bertz CT molecular complexity index is 935. The SMILES string of the molecule is CC(=O)N[C@@H](C)COC1CCC(OC2=NC(C)/C(=C\C(OCc3ccccc3)=C(/C)Cl)N2C)CC1. The summed E-state index contributed by atoms with van der Waals surface area (Å²) in [5.41, 5.74) is 2.06. The van der Waals surface area contributed by atoms with Crippen molar-refractivity contribution in [2.45, 2.75) is 84.3 Å². The number of rotatable bonds is 9. The van der Waals surface area contributed by atoms with Crippen molar-refractivity contribution >= 4 is 23.5 Å². The average molecular weight is 504 g/mol. The van der Waals surface area contributed by atoms with E-state index < -0.39 is 0 Å². The van der Waals surface area contributed by atoms with Crippen LogP contribution in [-0.4, -0.2) is 54.8 Å². The van der Waals surface area contributed by atoms with Crippen LogP contribution in [0.3, 0.4) is 0 Å². The van der Waals surface area contributed by atoms with Crippen LogP contribution in [0.4, 0.5) is 0 Å². The molecule has 2 atom stereocenters. The van der Waals surface area contributed by atoms with Gasteiger partial charge in [0.2, 0.25) is 5.91 Å². The predicted octanol–water partition coefficient (Wildman–Crippen LogP) is 5.12. The molecule has 1 amide bonds. The first-order chi connectivity index (χ1) is 16.7. The lowest BCUT2D eigenvalue weighted by Gasteiger charge is -2.30. The summed E-state index contributed by atoms with van der Waals surface area (Å²) in [6, 6.07) is 10.6. The molecular formula is C27H38ClN3O4. The van der Waals surface area contributed by atoms with Gasteiger partial charge in [0.25, 0.3) is 6.02 Å². The number of nitrogens with zero attached hydrogens (tertiary/aromatic N) is 2. The van der Waals surface area contributed by atoms with Gasteiger partial charge in [-0.2, -0.15) is 0 Å². The molecule has 192 valence electrons. The van der Waals surface area contributed by atoms with Crippen molar-refractivity contribution in [1.82, 2.24) is 10.2 Å². The van der Waals surface area contributed by atoms with Gasteiger partial charge < -0.3 is 24.4 Å². The first-order valence-corrected chi connectivity index (χ1v) is 12.7. The second-order valence-electron chi connectivity index (χ2n) is 9.34. The van der Waals surface area contributed by atoms with Crippen LogP contribution in [-0.2, 0) is 25.6 Å². The second kappa shape index (κ2) is 13.0. The Morgan fingerprint density at radius 3 is 2.49 bits per heavy atom. The van der Waals surface area contributed by atoms with E-state index in [1.165, 1.54) is 6.92 Å². The van der Waals surface area contributed by atoms with Gasteiger partial charge in [-0.15, -0.1) is 0 Å². The van der Waals surface area contributed by atoms with Gasteiger partial charge in [0.15, 0.2) is 0 Å². The van der Waals surface area contributed by atoms with Crippen LogP contribution in [0.2, 0.25) is 0 Å². The Balaban J connectivity index is 1.51. The van der Waals surface area contributed by atoms with Crippen molar-refractivity contribution in [2.24, 2.45) is 4.99 Å². The second-order valence-corrected chi connectivity index (χ2v) is 9.91. The largest absolute Gasteiger partial charge is 0.488 e. The molecule has 1 aliphatic heterocycles. The molecule has 0 bridgehead atoms. The van der Waals surface area contributed by atoms with Gasteiger partial charge in [-0.25, -0.2) is 4.99 Å². The van der Waals surface area contributed by atoms with Crippen molar-refractivity contribution in [3.63, 3.8) is 0 Å². The van der Waals surface area contributed by atoms with Crippen molar-refractivity contribution in [1.29, 1.82) is 0 Å². The quantitative estimate of drug-likeness (QED) is 0.474. The number of hydrogen-bond donors (Lipinski definition) is 1. The van der Waals surface area contributed by atoms with Gasteiger partial charge in [-0.05, 0) is 52.0 Å². The van der Waals surface area contributed by atoms with Crippen molar-refractivity contribution in [3.8, 4) is 0 Å². The fourth-order valence-electron chi connectivity index (χ4n) is 4.28. The normalized spacial score (nSPS) is 25.1. The van der Waals surface area contributed by atoms with Crippen LogP contribution in [0.25, 0.3) is 0 Å². The summed E-state index contributed by atoms with van der Waals surface area (Å²) in [6.45, 7) is 8.32. The molecule has 0 saturated heterocycles. The molecule has 2 aliphatic rings. The number of nitrogens with one attached hydrogen (secondary N) is 1. The van der Waals surface area contributed by atoms with E-state index in [4.69, 9.17) is 30.8 Å².